The minimum Gasteiger partial charge on any atom is -0.468 e. The third-order valence-electron chi connectivity index (χ3n) is 5.59. The Hall–Kier alpha value is -1.97. The standard InChI is InChI=1S/C24H29Cl2NO7/c1-6-32-23(29)20-17(12-31-10-14-11-33-24(3,4)34-14)27-13(2)18(22(28)30-5)19(20)15-8-7-9-16(25)21(15)26/h7-9,14,18-19H,6,10-12H2,1-5H3. The van der Waals surface area contributed by atoms with Crippen molar-refractivity contribution in [2.45, 2.75) is 45.5 Å². The number of hydrogen-bond donors (Lipinski definition) is 0. The highest BCUT2D eigenvalue weighted by Crippen LogP contribution is 2.44. The first kappa shape index (κ1) is 26.6. The van der Waals surface area contributed by atoms with Crippen LogP contribution >= 0.6 is 23.2 Å². The molecule has 1 aromatic carbocycles. The third-order valence-corrected chi connectivity index (χ3v) is 6.43. The Morgan fingerprint density at radius 2 is 2.00 bits per heavy atom. The number of nitrogens with zero attached hydrogens (tertiary/aromatic N) is 1. The van der Waals surface area contributed by atoms with Gasteiger partial charge in [-0.1, -0.05) is 35.3 Å². The van der Waals surface area contributed by atoms with E-state index in [1.807, 2.05) is 13.8 Å². The van der Waals surface area contributed by atoms with Crippen LogP contribution in [0.25, 0.3) is 0 Å². The summed E-state index contributed by atoms with van der Waals surface area (Å²) in [6, 6.07) is 5.06. The van der Waals surface area contributed by atoms with Gasteiger partial charge in [0.05, 0.1) is 54.9 Å². The van der Waals surface area contributed by atoms with Gasteiger partial charge in [-0.25, -0.2) is 4.79 Å². The van der Waals surface area contributed by atoms with E-state index in [9.17, 15) is 9.59 Å². The average Bonchev–Trinajstić information content (AvgIpc) is 3.13. The van der Waals surface area contributed by atoms with Gasteiger partial charge in [-0.2, -0.15) is 0 Å². The first-order valence-corrected chi connectivity index (χ1v) is 11.7. The fourth-order valence-electron chi connectivity index (χ4n) is 4.16. The Labute approximate surface area is 209 Å². The lowest BCUT2D eigenvalue weighted by atomic mass is 9.75. The quantitative estimate of drug-likeness (QED) is 0.477. The highest BCUT2D eigenvalue weighted by molar-refractivity contribution is 6.42. The number of hydrogen-bond acceptors (Lipinski definition) is 8. The summed E-state index contributed by atoms with van der Waals surface area (Å²) >= 11 is 12.8. The molecule has 3 atom stereocenters. The molecule has 3 unspecified atom stereocenters. The molecule has 0 spiro atoms. The van der Waals surface area contributed by atoms with Gasteiger partial charge in [0.1, 0.15) is 12.0 Å². The predicted molar refractivity (Wildman–Crippen MR) is 127 cm³/mol. The van der Waals surface area contributed by atoms with Crippen molar-refractivity contribution in [2.24, 2.45) is 10.9 Å². The number of carbonyl (C=O) groups excluding carboxylic acids is 2. The molecule has 2 heterocycles. The van der Waals surface area contributed by atoms with Crippen LogP contribution in [0.5, 0.6) is 0 Å². The summed E-state index contributed by atoms with van der Waals surface area (Å²) in [6.07, 6.45) is -0.253. The van der Waals surface area contributed by atoms with E-state index in [0.29, 0.717) is 28.6 Å². The lowest BCUT2D eigenvalue weighted by Crippen LogP contribution is -2.37. The second-order valence-corrected chi connectivity index (χ2v) is 9.21. The van der Waals surface area contributed by atoms with Crippen LogP contribution in [-0.2, 0) is 33.3 Å². The minimum absolute atomic E-state index is 0.00560. The summed E-state index contributed by atoms with van der Waals surface area (Å²) < 4.78 is 27.6. The van der Waals surface area contributed by atoms with Crippen molar-refractivity contribution in [1.82, 2.24) is 0 Å². The van der Waals surface area contributed by atoms with Gasteiger partial charge < -0.3 is 23.7 Å². The number of ether oxygens (including phenoxy) is 5. The number of esters is 2. The molecule has 34 heavy (non-hydrogen) atoms. The van der Waals surface area contributed by atoms with Crippen molar-refractivity contribution in [3.8, 4) is 0 Å². The van der Waals surface area contributed by atoms with Crippen LogP contribution in [0.1, 0.15) is 39.2 Å². The van der Waals surface area contributed by atoms with E-state index in [1.54, 1.807) is 32.0 Å². The minimum atomic E-state index is -0.892. The molecule has 2 aliphatic rings. The van der Waals surface area contributed by atoms with Gasteiger partial charge in [0.25, 0.3) is 0 Å². The van der Waals surface area contributed by atoms with Crippen molar-refractivity contribution in [3.05, 3.63) is 45.1 Å². The summed E-state index contributed by atoms with van der Waals surface area (Å²) in [7, 11) is 1.28. The molecule has 0 amide bonds. The van der Waals surface area contributed by atoms with Crippen molar-refractivity contribution in [2.75, 3.05) is 33.5 Å². The average molecular weight is 514 g/mol. The smallest absolute Gasteiger partial charge is 0.336 e. The Bertz CT molecular complexity index is 1010. The fraction of sp³-hybridized carbons (Fsp3) is 0.542. The summed E-state index contributed by atoms with van der Waals surface area (Å²) in [5.41, 5.74) is 1.47. The zero-order valence-electron chi connectivity index (χ0n) is 19.9. The molecule has 8 nitrogen and oxygen atoms in total. The zero-order valence-corrected chi connectivity index (χ0v) is 21.4. The van der Waals surface area contributed by atoms with Crippen LogP contribution in [0.15, 0.2) is 34.5 Å². The van der Waals surface area contributed by atoms with Gasteiger partial charge in [0.2, 0.25) is 0 Å². The first-order valence-electron chi connectivity index (χ1n) is 11.0. The van der Waals surface area contributed by atoms with Gasteiger partial charge in [-0.3, -0.25) is 9.79 Å². The Balaban J connectivity index is 2.02. The molecule has 1 fully saturated rings. The van der Waals surface area contributed by atoms with E-state index in [4.69, 9.17) is 46.9 Å². The maximum atomic E-state index is 13.2. The number of carbonyl (C=O) groups is 2. The molecule has 1 saturated heterocycles. The molecule has 0 bridgehead atoms. The third kappa shape index (κ3) is 5.80. The van der Waals surface area contributed by atoms with Gasteiger partial charge in [0, 0.05) is 11.6 Å². The van der Waals surface area contributed by atoms with Crippen molar-refractivity contribution in [1.29, 1.82) is 0 Å². The summed E-state index contributed by atoms with van der Waals surface area (Å²) in [4.78, 5) is 30.6. The number of methoxy groups -OCH3 is 1. The van der Waals surface area contributed by atoms with E-state index in [0.717, 1.165) is 0 Å². The Morgan fingerprint density at radius 3 is 2.62 bits per heavy atom. The number of rotatable bonds is 8. The number of halogens is 2. The monoisotopic (exact) mass is 513 g/mol. The van der Waals surface area contributed by atoms with Crippen LogP contribution in [0, 0.1) is 5.92 Å². The molecule has 186 valence electrons. The maximum absolute atomic E-state index is 13.2. The Morgan fingerprint density at radius 1 is 1.26 bits per heavy atom. The lowest BCUT2D eigenvalue weighted by molar-refractivity contribution is -0.144. The second kappa shape index (κ2) is 11.2. The van der Waals surface area contributed by atoms with Gasteiger partial charge in [-0.05, 0) is 39.3 Å². The summed E-state index contributed by atoms with van der Waals surface area (Å²) in [6.45, 7) is 7.82. The highest BCUT2D eigenvalue weighted by Gasteiger charge is 2.44. The van der Waals surface area contributed by atoms with Crippen LogP contribution < -0.4 is 0 Å². The van der Waals surface area contributed by atoms with E-state index < -0.39 is 29.6 Å². The predicted octanol–water partition coefficient (Wildman–Crippen LogP) is 4.33. The van der Waals surface area contributed by atoms with E-state index in [2.05, 4.69) is 4.99 Å². The SMILES string of the molecule is CCOC(=O)C1=C(COCC2COC(C)(C)O2)N=C(C)C(C(=O)OC)C1c1cccc(Cl)c1Cl. The molecule has 0 saturated carbocycles. The molecule has 1 aromatic rings. The van der Waals surface area contributed by atoms with Gasteiger partial charge >= 0.3 is 11.9 Å². The van der Waals surface area contributed by atoms with Crippen molar-refractivity contribution >= 4 is 40.9 Å². The van der Waals surface area contributed by atoms with Gasteiger partial charge in [-0.15, -0.1) is 0 Å². The van der Waals surface area contributed by atoms with Crippen LogP contribution in [-0.4, -0.2) is 63.1 Å². The Kier molecular flexibility index (Phi) is 8.76. The van der Waals surface area contributed by atoms with Crippen LogP contribution in [0.2, 0.25) is 10.0 Å². The van der Waals surface area contributed by atoms with Gasteiger partial charge in [0.15, 0.2) is 5.79 Å². The molecule has 0 aromatic heterocycles. The van der Waals surface area contributed by atoms with Crippen LogP contribution in [0.4, 0.5) is 0 Å². The summed E-state index contributed by atoms with van der Waals surface area (Å²) in [5, 5.41) is 0.531. The topological polar surface area (TPSA) is 92.7 Å². The molecule has 2 aliphatic heterocycles. The van der Waals surface area contributed by atoms with E-state index in [1.165, 1.54) is 7.11 Å². The normalized spacial score (nSPS) is 24.1. The van der Waals surface area contributed by atoms with Crippen molar-refractivity contribution in [3.63, 3.8) is 0 Å². The second-order valence-electron chi connectivity index (χ2n) is 8.42. The largest absolute Gasteiger partial charge is 0.468 e. The zero-order chi connectivity index (χ0) is 25.0. The lowest BCUT2D eigenvalue weighted by Gasteiger charge is -2.32. The fourth-order valence-corrected chi connectivity index (χ4v) is 4.58. The van der Waals surface area contributed by atoms with E-state index in [-0.39, 0.29) is 36.5 Å². The molecule has 0 N–H and O–H groups in total. The molecule has 10 heteroatoms. The molecule has 3 rings (SSSR count). The van der Waals surface area contributed by atoms with E-state index >= 15 is 0 Å². The number of benzene rings is 1. The molecular weight excluding hydrogens is 485 g/mol. The molecule has 0 radical (unpaired) electrons. The molecule has 0 aliphatic carbocycles. The van der Waals surface area contributed by atoms with Crippen molar-refractivity contribution < 1.29 is 33.3 Å². The molecular formula is C24H29Cl2NO7. The highest BCUT2D eigenvalue weighted by atomic mass is 35.5. The maximum Gasteiger partial charge on any atom is 0.336 e. The van der Waals surface area contributed by atoms with Crippen LogP contribution in [0.3, 0.4) is 0 Å². The first-order chi connectivity index (χ1) is 16.1. The summed E-state index contributed by atoms with van der Waals surface area (Å²) in [5.74, 6) is -3.56. The number of aliphatic imine (C=N–C) groups is 1.